The highest BCUT2D eigenvalue weighted by atomic mass is 19.4. The zero-order chi connectivity index (χ0) is 13.2. The maximum absolute atomic E-state index is 12.9. The number of nitrogens with two attached hydrogens (primary N) is 1. The molecule has 1 saturated carbocycles. The van der Waals surface area contributed by atoms with Gasteiger partial charge in [0, 0.05) is 6.54 Å². The summed E-state index contributed by atoms with van der Waals surface area (Å²) in [4.78, 5) is 0. The third-order valence-electron chi connectivity index (χ3n) is 3.28. The van der Waals surface area contributed by atoms with Crippen molar-refractivity contribution >= 4 is 0 Å². The summed E-state index contributed by atoms with van der Waals surface area (Å²) < 4.78 is 43.9. The Morgan fingerprint density at radius 2 is 2.00 bits per heavy atom. The average Bonchev–Trinajstić information content (AvgIpc) is 2.26. The van der Waals surface area contributed by atoms with Crippen molar-refractivity contribution < 1.29 is 17.9 Å². The van der Waals surface area contributed by atoms with Crippen molar-refractivity contribution in [2.75, 3.05) is 6.61 Å². The van der Waals surface area contributed by atoms with Gasteiger partial charge in [-0.05, 0) is 36.5 Å². The predicted molar refractivity (Wildman–Crippen MR) is 62.2 cm³/mol. The van der Waals surface area contributed by atoms with Crippen molar-refractivity contribution in [3.8, 4) is 5.75 Å². The second-order valence-corrected chi connectivity index (χ2v) is 4.64. The highest BCUT2D eigenvalue weighted by molar-refractivity contribution is 5.39. The Bertz CT molecular complexity index is 413. The van der Waals surface area contributed by atoms with Crippen LogP contribution in [0.25, 0.3) is 0 Å². The Labute approximate surface area is 104 Å². The number of benzene rings is 1. The summed E-state index contributed by atoms with van der Waals surface area (Å²) in [6.07, 6.45) is -1.17. The minimum atomic E-state index is -4.40. The molecule has 0 bridgehead atoms. The van der Waals surface area contributed by atoms with E-state index in [9.17, 15) is 13.2 Å². The first kappa shape index (κ1) is 13.2. The van der Waals surface area contributed by atoms with Crippen LogP contribution in [0.3, 0.4) is 0 Å². The molecule has 1 aliphatic carbocycles. The molecule has 1 aromatic carbocycles. The van der Waals surface area contributed by atoms with Crippen molar-refractivity contribution in [3.63, 3.8) is 0 Å². The summed E-state index contributed by atoms with van der Waals surface area (Å²) in [5.41, 5.74) is 5.08. The first-order valence-corrected chi connectivity index (χ1v) is 6.03. The first-order chi connectivity index (χ1) is 8.50. The second-order valence-electron chi connectivity index (χ2n) is 4.64. The van der Waals surface area contributed by atoms with Crippen LogP contribution in [0.4, 0.5) is 13.2 Å². The monoisotopic (exact) mass is 259 g/mol. The molecule has 0 aromatic heterocycles. The molecular weight excluding hydrogens is 243 g/mol. The van der Waals surface area contributed by atoms with Crippen molar-refractivity contribution in [1.29, 1.82) is 0 Å². The molecule has 2 N–H and O–H groups in total. The molecule has 1 fully saturated rings. The van der Waals surface area contributed by atoms with Gasteiger partial charge in [-0.25, -0.2) is 0 Å². The number of rotatable bonds is 4. The van der Waals surface area contributed by atoms with Crippen LogP contribution < -0.4 is 10.5 Å². The van der Waals surface area contributed by atoms with Crippen LogP contribution in [0.2, 0.25) is 0 Å². The van der Waals surface area contributed by atoms with Crippen LogP contribution in [-0.2, 0) is 12.7 Å². The second kappa shape index (κ2) is 5.18. The van der Waals surface area contributed by atoms with Crippen LogP contribution in [0, 0.1) is 5.92 Å². The Morgan fingerprint density at radius 1 is 1.28 bits per heavy atom. The zero-order valence-corrected chi connectivity index (χ0v) is 9.96. The number of ether oxygens (including phenoxy) is 1. The molecule has 1 aromatic rings. The van der Waals surface area contributed by atoms with Crippen molar-refractivity contribution in [2.24, 2.45) is 11.7 Å². The largest absolute Gasteiger partial charge is 0.493 e. The van der Waals surface area contributed by atoms with Crippen LogP contribution in [0.15, 0.2) is 18.2 Å². The molecule has 0 spiro atoms. The lowest BCUT2D eigenvalue weighted by Crippen LogP contribution is -2.20. The smallest absolute Gasteiger partial charge is 0.419 e. The molecule has 0 saturated heterocycles. The van der Waals surface area contributed by atoms with E-state index in [-0.39, 0.29) is 12.3 Å². The fourth-order valence-corrected chi connectivity index (χ4v) is 1.92. The minimum Gasteiger partial charge on any atom is -0.493 e. The van der Waals surface area contributed by atoms with E-state index in [2.05, 4.69) is 0 Å². The molecule has 18 heavy (non-hydrogen) atoms. The van der Waals surface area contributed by atoms with Crippen molar-refractivity contribution in [2.45, 2.75) is 32.0 Å². The molecular formula is C13H16F3NO. The fraction of sp³-hybridized carbons (Fsp3) is 0.538. The standard InChI is InChI=1S/C13H16F3NO/c14-13(15,16)11-6-10(7-17)4-5-12(11)18-8-9-2-1-3-9/h4-6,9H,1-3,7-8,17H2. The number of alkyl halides is 3. The number of hydrogen-bond acceptors (Lipinski definition) is 2. The normalized spacial score (nSPS) is 16.4. The van der Waals surface area contributed by atoms with E-state index in [1.165, 1.54) is 6.07 Å². The maximum Gasteiger partial charge on any atom is 0.419 e. The Balaban J connectivity index is 2.16. The van der Waals surface area contributed by atoms with E-state index in [1.807, 2.05) is 0 Å². The third-order valence-corrected chi connectivity index (χ3v) is 3.28. The van der Waals surface area contributed by atoms with Gasteiger partial charge in [0.05, 0.1) is 12.2 Å². The minimum absolute atomic E-state index is 0.0893. The Hall–Kier alpha value is -1.23. The van der Waals surface area contributed by atoms with Crippen LogP contribution in [0.5, 0.6) is 5.75 Å². The van der Waals surface area contributed by atoms with E-state index in [1.54, 1.807) is 6.07 Å². The van der Waals surface area contributed by atoms with E-state index in [0.717, 1.165) is 25.3 Å². The molecule has 0 amide bonds. The highest BCUT2D eigenvalue weighted by Gasteiger charge is 2.35. The highest BCUT2D eigenvalue weighted by Crippen LogP contribution is 2.37. The summed E-state index contributed by atoms with van der Waals surface area (Å²) >= 11 is 0. The van der Waals surface area contributed by atoms with Gasteiger partial charge in [-0.3, -0.25) is 0 Å². The molecule has 0 radical (unpaired) electrons. The lowest BCUT2D eigenvalue weighted by Gasteiger charge is -2.26. The Morgan fingerprint density at radius 3 is 2.50 bits per heavy atom. The molecule has 2 nitrogen and oxygen atoms in total. The summed E-state index contributed by atoms with van der Waals surface area (Å²) in [5.74, 6) is 0.312. The van der Waals surface area contributed by atoms with Gasteiger partial charge in [0.2, 0.25) is 0 Å². The van der Waals surface area contributed by atoms with E-state index in [0.29, 0.717) is 18.1 Å². The van der Waals surface area contributed by atoms with E-state index >= 15 is 0 Å². The number of halogens is 3. The van der Waals surface area contributed by atoms with Gasteiger partial charge in [0.15, 0.2) is 0 Å². The molecule has 100 valence electrons. The maximum atomic E-state index is 12.9. The summed E-state index contributed by atoms with van der Waals surface area (Å²) in [5, 5.41) is 0. The molecule has 0 atom stereocenters. The van der Waals surface area contributed by atoms with Crippen LogP contribution >= 0.6 is 0 Å². The SMILES string of the molecule is NCc1ccc(OCC2CCC2)c(C(F)(F)F)c1. The zero-order valence-electron chi connectivity index (χ0n) is 9.96. The molecule has 5 heteroatoms. The van der Waals surface area contributed by atoms with Gasteiger partial charge in [-0.2, -0.15) is 13.2 Å². The third kappa shape index (κ3) is 2.96. The van der Waals surface area contributed by atoms with Gasteiger partial charge >= 0.3 is 6.18 Å². The van der Waals surface area contributed by atoms with Crippen molar-refractivity contribution in [1.82, 2.24) is 0 Å². The summed E-state index contributed by atoms with van der Waals surface area (Å²) in [6.45, 7) is 0.455. The van der Waals surface area contributed by atoms with Gasteiger partial charge < -0.3 is 10.5 Å². The predicted octanol–water partition coefficient (Wildman–Crippen LogP) is 3.34. The molecule has 2 rings (SSSR count). The van der Waals surface area contributed by atoms with E-state index in [4.69, 9.17) is 10.5 Å². The Kier molecular flexibility index (Phi) is 3.80. The lowest BCUT2D eigenvalue weighted by molar-refractivity contribution is -0.139. The van der Waals surface area contributed by atoms with Gasteiger partial charge in [-0.1, -0.05) is 12.5 Å². The lowest BCUT2D eigenvalue weighted by atomic mass is 9.86. The molecule has 1 aliphatic rings. The van der Waals surface area contributed by atoms with E-state index < -0.39 is 11.7 Å². The topological polar surface area (TPSA) is 35.2 Å². The van der Waals surface area contributed by atoms with Crippen molar-refractivity contribution in [3.05, 3.63) is 29.3 Å². The van der Waals surface area contributed by atoms with Crippen LogP contribution in [-0.4, -0.2) is 6.61 Å². The van der Waals surface area contributed by atoms with Gasteiger partial charge in [-0.15, -0.1) is 0 Å². The average molecular weight is 259 g/mol. The fourth-order valence-electron chi connectivity index (χ4n) is 1.92. The molecule has 0 heterocycles. The van der Waals surface area contributed by atoms with Gasteiger partial charge in [0.25, 0.3) is 0 Å². The number of hydrogen-bond donors (Lipinski definition) is 1. The molecule has 0 aliphatic heterocycles. The molecule has 0 unspecified atom stereocenters. The summed E-state index contributed by atoms with van der Waals surface area (Å²) in [6, 6.07) is 4.01. The van der Waals surface area contributed by atoms with Gasteiger partial charge in [0.1, 0.15) is 5.75 Å². The summed E-state index contributed by atoms with van der Waals surface area (Å²) in [7, 11) is 0. The van der Waals surface area contributed by atoms with Crippen LogP contribution in [0.1, 0.15) is 30.4 Å². The quantitative estimate of drug-likeness (QED) is 0.900. The first-order valence-electron chi connectivity index (χ1n) is 6.03.